The number of allylic oxidation sites excluding steroid dienone is 4. The molecule has 4 aromatic rings. The molecule has 1 N–H and O–H groups in total. The number of aliphatic hydroxyl groups is 1. The molecule has 252 valence electrons. The van der Waals surface area contributed by atoms with Crippen LogP contribution in [0.25, 0.3) is 21.5 Å². The van der Waals surface area contributed by atoms with Crippen LogP contribution in [0.1, 0.15) is 90.2 Å². The average Bonchev–Trinajstić information content (AvgIpc) is 3.59. The zero-order valence-electron chi connectivity index (χ0n) is 29.8. The molecule has 1 fully saturated rings. The first-order chi connectivity index (χ1) is 23.8. The molecule has 4 aromatic carbocycles. The second kappa shape index (κ2) is 12.6. The summed E-state index contributed by atoms with van der Waals surface area (Å²) >= 11 is 0. The molecule has 1 spiro atoms. The Morgan fingerprint density at radius 3 is 2.24 bits per heavy atom. The van der Waals surface area contributed by atoms with Gasteiger partial charge in [-0.15, -0.1) is 0 Å². The summed E-state index contributed by atoms with van der Waals surface area (Å²) in [5.41, 5.74) is 8.24. The molecule has 2 aliphatic heterocycles. The molecule has 8 rings (SSSR count). The third-order valence-corrected chi connectivity index (χ3v) is 12.0. The van der Waals surface area contributed by atoms with Gasteiger partial charge in [0.25, 0.3) is 0 Å². The number of rotatable bonds is 9. The van der Waals surface area contributed by atoms with Crippen molar-refractivity contribution in [1.82, 2.24) is 0 Å². The van der Waals surface area contributed by atoms with E-state index in [0.29, 0.717) is 23.8 Å². The van der Waals surface area contributed by atoms with Gasteiger partial charge in [0, 0.05) is 47.8 Å². The molecule has 1 atom stereocenters. The normalized spacial score (nSPS) is 20.9. The summed E-state index contributed by atoms with van der Waals surface area (Å²) in [4.78, 5) is 16.7. The molecular weight excluding hydrogens is 601 g/mol. The van der Waals surface area contributed by atoms with Crippen LogP contribution in [0.2, 0.25) is 0 Å². The molecule has 49 heavy (non-hydrogen) atoms. The van der Waals surface area contributed by atoms with Crippen LogP contribution >= 0.6 is 0 Å². The van der Waals surface area contributed by atoms with E-state index in [2.05, 4.69) is 116 Å². The first-order valence-corrected chi connectivity index (χ1v) is 18.9. The van der Waals surface area contributed by atoms with Gasteiger partial charge >= 0.3 is 0 Å². The number of anilines is 1. The van der Waals surface area contributed by atoms with Crippen LogP contribution in [0, 0.1) is 17.8 Å². The lowest BCUT2D eigenvalue weighted by Crippen LogP contribution is -2.37. The molecule has 4 nitrogen and oxygen atoms in total. The highest BCUT2D eigenvalue weighted by Gasteiger charge is 2.50. The summed E-state index contributed by atoms with van der Waals surface area (Å²) in [6, 6.07) is 26.5. The van der Waals surface area contributed by atoms with Crippen molar-refractivity contribution in [2.24, 2.45) is 17.8 Å². The lowest BCUT2D eigenvalue weighted by Gasteiger charge is -2.38. The number of fused-ring (bicyclic) bond motifs is 7. The number of carbonyl (C=O) groups is 1. The second-order valence-electron chi connectivity index (χ2n) is 16.0. The number of nitrogens with zero attached hydrogens (tertiary/aromatic N) is 2. The number of benzene rings is 4. The van der Waals surface area contributed by atoms with E-state index in [9.17, 15) is 9.90 Å². The number of ketones is 1. The Kier molecular flexibility index (Phi) is 8.25. The van der Waals surface area contributed by atoms with Crippen molar-refractivity contribution in [2.45, 2.75) is 90.9 Å². The van der Waals surface area contributed by atoms with Gasteiger partial charge < -0.3 is 10.0 Å². The number of aliphatic hydroxyl groups excluding tert-OH is 1. The van der Waals surface area contributed by atoms with Crippen LogP contribution < -0.4 is 4.90 Å². The Morgan fingerprint density at radius 1 is 0.857 bits per heavy atom. The van der Waals surface area contributed by atoms with Crippen LogP contribution in [-0.4, -0.2) is 34.3 Å². The van der Waals surface area contributed by atoms with Crippen LogP contribution in [0.3, 0.4) is 0 Å². The van der Waals surface area contributed by atoms with E-state index in [1.807, 2.05) is 0 Å². The molecule has 2 aliphatic carbocycles. The molecule has 4 aliphatic rings. The molecule has 0 saturated heterocycles. The Hall–Kier alpha value is -4.18. The fourth-order valence-electron chi connectivity index (χ4n) is 9.35. The molecule has 0 aromatic heterocycles. The van der Waals surface area contributed by atoms with Crippen molar-refractivity contribution in [2.75, 3.05) is 18.0 Å². The monoisotopic (exact) mass is 651 g/mol. The number of hydrogen-bond donors (Lipinski definition) is 1. The van der Waals surface area contributed by atoms with E-state index < -0.39 is 5.92 Å². The smallest absolute Gasteiger partial charge is 0.209 e. The maximum Gasteiger partial charge on any atom is 0.209 e. The van der Waals surface area contributed by atoms with Gasteiger partial charge in [-0.2, -0.15) is 4.58 Å². The van der Waals surface area contributed by atoms with Crippen molar-refractivity contribution >= 4 is 44.4 Å². The van der Waals surface area contributed by atoms with Gasteiger partial charge in [-0.3, -0.25) is 4.79 Å². The number of hydrogen-bond acceptors (Lipinski definition) is 3. The summed E-state index contributed by atoms with van der Waals surface area (Å²) < 4.78 is 2.46. The van der Waals surface area contributed by atoms with E-state index in [-0.39, 0.29) is 17.0 Å². The standard InChI is InChI=1S/C45H50N2O2/c1-29(2)20-24-46-33(26-36-34-14-8-6-12-31(34)16-18-39(36)46)27-37-43(48)38(44(37)49)28-41-45(22-10-5-11-23-45)42-35-15-9-7-13-32(35)17-19-40(42)47(41)25-21-30(3)4/h6-9,12-19,28-30,37H,5,10-11,20-27H2,1-4H3/p+1/b41-28+. The number of carbonyl (C=O) groups excluding carboxylic acids is 1. The summed E-state index contributed by atoms with van der Waals surface area (Å²) in [7, 11) is 0. The maximum atomic E-state index is 14.2. The van der Waals surface area contributed by atoms with Gasteiger partial charge in [0.2, 0.25) is 5.69 Å². The predicted molar refractivity (Wildman–Crippen MR) is 203 cm³/mol. The van der Waals surface area contributed by atoms with Crippen molar-refractivity contribution in [3.05, 3.63) is 107 Å². The highest BCUT2D eigenvalue weighted by molar-refractivity contribution is 6.11. The minimum absolute atomic E-state index is 0.0951. The summed E-state index contributed by atoms with van der Waals surface area (Å²) in [5, 5.41) is 17.0. The number of Topliss-reactive ketones (excluding diaryl/α,β-unsaturated/α-hetero) is 1. The fourth-order valence-corrected chi connectivity index (χ4v) is 9.35. The topological polar surface area (TPSA) is 43.5 Å². The van der Waals surface area contributed by atoms with Gasteiger partial charge in [-0.1, -0.05) is 102 Å². The third-order valence-electron chi connectivity index (χ3n) is 12.0. The van der Waals surface area contributed by atoms with Crippen molar-refractivity contribution in [1.29, 1.82) is 0 Å². The van der Waals surface area contributed by atoms with Crippen LogP contribution in [0.15, 0.2) is 95.9 Å². The van der Waals surface area contributed by atoms with Crippen LogP contribution in [-0.2, 0) is 16.6 Å². The molecule has 1 saturated carbocycles. The Labute approximate surface area is 291 Å². The first-order valence-electron chi connectivity index (χ1n) is 18.9. The second-order valence-corrected chi connectivity index (χ2v) is 16.0. The molecule has 2 heterocycles. The minimum Gasteiger partial charge on any atom is -0.511 e. The lowest BCUT2D eigenvalue weighted by molar-refractivity contribution is -0.440. The van der Waals surface area contributed by atoms with E-state index in [4.69, 9.17) is 0 Å². The molecular formula is C45H51N2O2+. The lowest BCUT2D eigenvalue weighted by atomic mass is 9.66. The van der Waals surface area contributed by atoms with Gasteiger partial charge in [0.1, 0.15) is 12.3 Å². The van der Waals surface area contributed by atoms with E-state index in [0.717, 1.165) is 45.2 Å². The van der Waals surface area contributed by atoms with Crippen molar-refractivity contribution in [3.63, 3.8) is 0 Å². The third kappa shape index (κ3) is 5.34. The van der Waals surface area contributed by atoms with E-state index >= 15 is 0 Å². The zero-order chi connectivity index (χ0) is 33.9. The SMILES string of the molecule is CC(C)CCN1/C(=C/C2=C(O)C(CC3=[N+](CCC(C)C)c4ccc5ccccc5c4C3)C2=O)C2(CCCCC2)c2c1ccc1ccccc21. The Balaban J connectivity index is 1.18. The molecule has 0 radical (unpaired) electrons. The highest BCUT2D eigenvalue weighted by atomic mass is 16.3. The largest absolute Gasteiger partial charge is 0.511 e. The quantitative estimate of drug-likeness (QED) is 0.183. The highest BCUT2D eigenvalue weighted by Crippen LogP contribution is 2.58. The van der Waals surface area contributed by atoms with Crippen LogP contribution in [0.5, 0.6) is 0 Å². The van der Waals surface area contributed by atoms with Gasteiger partial charge in [-0.25, -0.2) is 0 Å². The Bertz CT molecular complexity index is 2060. The summed E-state index contributed by atoms with van der Waals surface area (Å²) in [6.45, 7) is 11.0. The average molecular weight is 652 g/mol. The first kappa shape index (κ1) is 32.0. The predicted octanol–water partition coefficient (Wildman–Crippen LogP) is 10.7. The van der Waals surface area contributed by atoms with Gasteiger partial charge in [0.15, 0.2) is 11.5 Å². The molecule has 0 amide bonds. The fraction of sp³-hybridized carbons (Fsp3) is 0.422. The summed E-state index contributed by atoms with van der Waals surface area (Å²) in [6.07, 6.45) is 11.5. The van der Waals surface area contributed by atoms with Crippen molar-refractivity contribution < 1.29 is 14.5 Å². The van der Waals surface area contributed by atoms with Gasteiger partial charge in [-0.05, 0) is 76.4 Å². The molecule has 0 bridgehead atoms. The van der Waals surface area contributed by atoms with E-state index in [1.54, 1.807) is 0 Å². The van der Waals surface area contributed by atoms with Gasteiger partial charge in [0.05, 0.1) is 17.9 Å². The maximum absolute atomic E-state index is 14.2. The van der Waals surface area contributed by atoms with Crippen LogP contribution in [0.4, 0.5) is 11.4 Å². The summed E-state index contributed by atoms with van der Waals surface area (Å²) in [5.74, 6) is 1.06. The van der Waals surface area contributed by atoms with Crippen molar-refractivity contribution in [3.8, 4) is 0 Å². The molecule has 4 heteroatoms. The van der Waals surface area contributed by atoms with E-state index in [1.165, 1.54) is 74.7 Å². The zero-order valence-corrected chi connectivity index (χ0v) is 29.8. The Morgan fingerprint density at radius 2 is 1.53 bits per heavy atom. The molecule has 1 unspecified atom stereocenters. The minimum atomic E-state index is -0.472.